The van der Waals surface area contributed by atoms with Gasteiger partial charge in [0.15, 0.2) is 0 Å². The Balaban J connectivity index is -0.000000688. The first kappa shape index (κ1) is 42.1. The Morgan fingerprint density at radius 3 is 0.439 bits per heavy atom. The van der Waals surface area contributed by atoms with Crippen molar-refractivity contribution in [1.82, 2.24) is 0 Å². The van der Waals surface area contributed by atoms with Gasteiger partial charge in [0.05, 0.1) is 73.5 Å². The van der Waals surface area contributed by atoms with Crippen molar-refractivity contribution in [3.8, 4) is 0 Å². The van der Waals surface area contributed by atoms with Crippen molar-refractivity contribution in [2.45, 2.75) is 73.5 Å². The number of hydrogen-bond acceptors (Lipinski definition) is 12. The van der Waals surface area contributed by atoms with Crippen LogP contribution in [0.3, 0.4) is 0 Å². The van der Waals surface area contributed by atoms with E-state index in [1.807, 2.05) is 0 Å². The van der Waals surface area contributed by atoms with Gasteiger partial charge in [-0.2, -0.15) is 0 Å². The number of nitrogens with two attached hydrogens (primary N) is 4. The van der Waals surface area contributed by atoms with Gasteiger partial charge in [0.2, 0.25) is 0 Å². The molecule has 0 aromatic heterocycles. The average molecular weight is 608 g/mol. The van der Waals surface area contributed by atoms with Gasteiger partial charge in [-0.25, -0.2) is 0 Å². The molecule has 16 N–H and O–H groups in total. The summed E-state index contributed by atoms with van der Waals surface area (Å²) in [6, 6.07) is 0. The van der Waals surface area contributed by atoms with Crippen LogP contribution in [0.2, 0.25) is 0 Å². The zero-order valence-electron chi connectivity index (χ0n) is 20.8. The molecule has 0 aromatic rings. The summed E-state index contributed by atoms with van der Waals surface area (Å²) in [5.74, 6) is -12.1. The first-order valence-electron chi connectivity index (χ1n) is 10.7. The standard InChI is InChI=1S/2C10H16N2O8.Na.H/c2*11-9(1-5(13)14,2-6(15)16)10(12,3-7(17)18)4-8(19)20;;/h2*1-4,11-12H2,(H,13,14)(H,15,16)(H,17,18)(H,19,20);;. The molecule has 0 atom stereocenters. The van der Waals surface area contributed by atoms with E-state index in [0.29, 0.717) is 0 Å². The van der Waals surface area contributed by atoms with E-state index in [2.05, 4.69) is 0 Å². The molecule has 0 aliphatic rings. The first-order valence-corrected chi connectivity index (χ1v) is 10.7. The maximum absolute atomic E-state index is 10.8. The van der Waals surface area contributed by atoms with Gasteiger partial charge in [0, 0.05) is 0 Å². The molecule has 0 amide bonds. The Morgan fingerprint density at radius 1 is 0.317 bits per heavy atom. The van der Waals surface area contributed by atoms with Crippen molar-refractivity contribution < 1.29 is 79.2 Å². The van der Waals surface area contributed by atoms with Crippen LogP contribution < -0.4 is 22.9 Å². The molecule has 0 heterocycles. The molecule has 20 nitrogen and oxygen atoms in total. The van der Waals surface area contributed by atoms with Crippen LogP contribution >= 0.6 is 0 Å². The minimum atomic E-state index is -2.22. The summed E-state index contributed by atoms with van der Waals surface area (Å²) in [5, 5.41) is 70.2. The van der Waals surface area contributed by atoms with Crippen LogP contribution in [0.25, 0.3) is 0 Å². The summed E-state index contributed by atoms with van der Waals surface area (Å²) >= 11 is 0. The van der Waals surface area contributed by atoms with E-state index in [0.717, 1.165) is 0 Å². The molecule has 0 radical (unpaired) electrons. The fraction of sp³-hybridized carbons (Fsp3) is 0.600. The number of carbonyl (C=O) groups is 8. The van der Waals surface area contributed by atoms with Gasteiger partial charge in [-0.1, -0.05) is 0 Å². The third-order valence-electron chi connectivity index (χ3n) is 5.72. The molecule has 0 fully saturated rings. The van der Waals surface area contributed by atoms with Gasteiger partial charge in [-0.3, -0.25) is 38.4 Å². The van der Waals surface area contributed by atoms with E-state index < -0.39 is 121 Å². The number of carboxylic acids is 8. The number of hydrogen-bond donors (Lipinski definition) is 12. The van der Waals surface area contributed by atoms with Crippen LogP contribution in [0.1, 0.15) is 51.4 Å². The van der Waals surface area contributed by atoms with Gasteiger partial charge in [-0.05, 0) is 0 Å². The third-order valence-corrected chi connectivity index (χ3v) is 5.72. The molecule has 0 bridgehead atoms. The quantitative estimate of drug-likeness (QED) is 0.0657. The van der Waals surface area contributed by atoms with E-state index in [9.17, 15) is 38.4 Å². The summed E-state index contributed by atoms with van der Waals surface area (Å²) in [5.41, 5.74) is 13.8. The summed E-state index contributed by atoms with van der Waals surface area (Å²) < 4.78 is 0. The van der Waals surface area contributed by atoms with Crippen LogP contribution in [0.15, 0.2) is 0 Å². The second-order valence-electron chi connectivity index (χ2n) is 9.19. The van der Waals surface area contributed by atoms with Crippen molar-refractivity contribution in [2.24, 2.45) is 22.9 Å². The Labute approximate surface area is 252 Å². The Bertz CT molecular complexity index is 809. The third kappa shape index (κ3) is 14.7. The number of aliphatic carboxylic acids is 8. The maximum atomic E-state index is 10.8. The molecule has 0 aliphatic carbocycles. The molecule has 0 aromatic carbocycles. The summed E-state index contributed by atoms with van der Waals surface area (Å²) in [7, 11) is 0. The monoisotopic (exact) mass is 608 g/mol. The van der Waals surface area contributed by atoms with Crippen molar-refractivity contribution in [2.75, 3.05) is 0 Å². The molecule has 41 heavy (non-hydrogen) atoms. The molecule has 0 saturated carbocycles. The molecule has 0 saturated heterocycles. The van der Waals surface area contributed by atoms with E-state index >= 15 is 0 Å². The fourth-order valence-corrected chi connectivity index (χ4v) is 3.82. The molecular formula is C20H33N4NaO16. The van der Waals surface area contributed by atoms with Crippen LogP contribution in [-0.2, 0) is 38.4 Å². The van der Waals surface area contributed by atoms with Crippen LogP contribution in [0.4, 0.5) is 0 Å². The van der Waals surface area contributed by atoms with Crippen LogP contribution in [-0.4, -0.2) is 140 Å². The molecule has 21 heteroatoms. The topological polar surface area (TPSA) is 402 Å². The summed E-state index contributed by atoms with van der Waals surface area (Å²) in [6.07, 6.45) is -7.81. The average Bonchev–Trinajstić information content (AvgIpc) is 2.62. The zero-order valence-corrected chi connectivity index (χ0v) is 20.8. The molecule has 0 rings (SSSR count). The predicted molar refractivity (Wildman–Crippen MR) is 133 cm³/mol. The van der Waals surface area contributed by atoms with Gasteiger partial charge in [-0.15, -0.1) is 0 Å². The summed E-state index contributed by atoms with van der Waals surface area (Å²) in [4.78, 5) is 86.3. The van der Waals surface area contributed by atoms with E-state index in [-0.39, 0.29) is 29.6 Å². The second kappa shape index (κ2) is 16.8. The second-order valence-corrected chi connectivity index (χ2v) is 9.19. The first-order chi connectivity index (χ1) is 17.8. The fourth-order valence-electron chi connectivity index (χ4n) is 3.82. The van der Waals surface area contributed by atoms with E-state index in [1.165, 1.54) is 0 Å². The van der Waals surface area contributed by atoms with E-state index in [1.54, 1.807) is 0 Å². The Hall–Kier alpha value is -3.40. The van der Waals surface area contributed by atoms with Crippen molar-refractivity contribution in [1.29, 1.82) is 0 Å². The van der Waals surface area contributed by atoms with Crippen molar-refractivity contribution in [3.63, 3.8) is 0 Å². The Kier molecular flexibility index (Phi) is 17.2. The van der Waals surface area contributed by atoms with Crippen LogP contribution in [0.5, 0.6) is 0 Å². The van der Waals surface area contributed by atoms with E-state index in [4.69, 9.17) is 63.8 Å². The minimum absolute atomic E-state index is 0. The number of rotatable bonds is 18. The SMILES string of the molecule is NC(CC(=O)O)(CC(=O)O)C(N)(CC(=O)O)CC(=O)O.NC(CC(=O)O)(CC(=O)O)C(N)(CC(=O)O)CC(=O)O.[NaH]. The van der Waals surface area contributed by atoms with Gasteiger partial charge in [0.25, 0.3) is 0 Å². The Morgan fingerprint density at radius 2 is 0.390 bits per heavy atom. The normalized spacial score (nSPS) is 11.6. The predicted octanol–water partition coefficient (Wildman–Crippen LogP) is -4.09. The molecule has 0 unspecified atom stereocenters. The number of carboxylic acid groups (broad SMARTS) is 8. The molecule has 230 valence electrons. The molecular weight excluding hydrogens is 575 g/mol. The van der Waals surface area contributed by atoms with Gasteiger partial charge in [0.1, 0.15) is 0 Å². The van der Waals surface area contributed by atoms with Crippen molar-refractivity contribution in [3.05, 3.63) is 0 Å². The van der Waals surface area contributed by atoms with Crippen molar-refractivity contribution >= 4 is 77.3 Å². The zero-order chi connectivity index (χ0) is 32.3. The summed E-state index contributed by atoms with van der Waals surface area (Å²) in [6.45, 7) is 0. The molecule has 0 spiro atoms. The van der Waals surface area contributed by atoms with Gasteiger partial charge >= 0.3 is 77.3 Å². The van der Waals surface area contributed by atoms with Crippen LogP contribution in [0, 0.1) is 0 Å². The molecule has 0 aliphatic heterocycles. The van der Waals surface area contributed by atoms with Gasteiger partial charge < -0.3 is 63.8 Å².